The van der Waals surface area contributed by atoms with Crippen LogP contribution in [0.15, 0.2) is 18.2 Å². The zero-order valence-electron chi connectivity index (χ0n) is 13.0. The summed E-state index contributed by atoms with van der Waals surface area (Å²) in [6.07, 6.45) is 1.67. The molecule has 4 heteroatoms. The van der Waals surface area contributed by atoms with Gasteiger partial charge >= 0.3 is 0 Å². The second kappa shape index (κ2) is 7.29. The average molecular weight is 278 g/mol. The number of carbonyl (C=O) groups excluding carboxylic acids is 1. The normalized spacial score (nSPS) is 11.2. The molecule has 0 atom stereocenters. The van der Waals surface area contributed by atoms with E-state index in [4.69, 9.17) is 10.5 Å². The molecule has 0 aliphatic heterocycles. The molecule has 0 aliphatic carbocycles. The number of ether oxygens (including phenoxy) is 1. The van der Waals surface area contributed by atoms with Crippen LogP contribution in [0.5, 0.6) is 5.75 Å². The molecule has 4 nitrogen and oxygen atoms in total. The van der Waals surface area contributed by atoms with Crippen molar-refractivity contribution in [1.29, 1.82) is 0 Å². The highest BCUT2D eigenvalue weighted by molar-refractivity contribution is 5.77. The van der Waals surface area contributed by atoms with Crippen LogP contribution in [0, 0.1) is 13.8 Å². The fourth-order valence-corrected chi connectivity index (χ4v) is 1.83. The second-order valence-electron chi connectivity index (χ2n) is 5.40. The lowest BCUT2D eigenvalue weighted by molar-refractivity contribution is -0.123. The second-order valence-corrected chi connectivity index (χ2v) is 5.40. The van der Waals surface area contributed by atoms with Gasteiger partial charge in [-0.25, -0.2) is 0 Å². The Labute approximate surface area is 121 Å². The highest BCUT2D eigenvalue weighted by Crippen LogP contribution is 2.18. The van der Waals surface area contributed by atoms with Crippen LogP contribution in [0.1, 0.15) is 37.8 Å². The van der Waals surface area contributed by atoms with Gasteiger partial charge in [0.25, 0.3) is 5.91 Å². The number of hydrogen-bond acceptors (Lipinski definition) is 3. The molecule has 0 spiro atoms. The predicted octanol–water partition coefficient (Wildman–Crippen LogP) is 2.32. The van der Waals surface area contributed by atoms with E-state index >= 15 is 0 Å². The maximum absolute atomic E-state index is 11.8. The van der Waals surface area contributed by atoms with Crippen LogP contribution in [0.2, 0.25) is 0 Å². The molecule has 0 aliphatic rings. The molecule has 0 aromatic heterocycles. The van der Waals surface area contributed by atoms with E-state index in [1.807, 2.05) is 45.9 Å². The van der Waals surface area contributed by atoms with Crippen molar-refractivity contribution in [3.05, 3.63) is 29.3 Å². The van der Waals surface area contributed by atoms with Crippen LogP contribution in [-0.2, 0) is 4.79 Å². The maximum Gasteiger partial charge on any atom is 0.258 e. The molecular weight excluding hydrogens is 252 g/mol. The number of nitrogens with two attached hydrogens (primary N) is 1. The smallest absolute Gasteiger partial charge is 0.258 e. The molecule has 3 N–H and O–H groups in total. The Morgan fingerprint density at radius 2 is 1.95 bits per heavy atom. The molecule has 112 valence electrons. The van der Waals surface area contributed by atoms with Crippen LogP contribution in [-0.4, -0.2) is 24.6 Å². The number of benzene rings is 1. The molecule has 0 heterocycles. The van der Waals surface area contributed by atoms with Crippen molar-refractivity contribution in [3.8, 4) is 5.75 Å². The van der Waals surface area contributed by atoms with Crippen LogP contribution in [0.3, 0.4) is 0 Å². The first kappa shape index (κ1) is 16.5. The zero-order valence-corrected chi connectivity index (χ0v) is 13.0. The lowest BCUT2D eigenvalue weighted by atomic mass is 9.94. The van der Waals surface area contributed by atoms with Crippen molar-refractivity contribution >= 4 is 5.91 Å². The minimum absolute atomic E-state index is 0.0216. The lowest BCUT2D eigenvalue weighted by Gasteiger charge is -2.26. The number of hydrogen-bond donors (Lipinski definition) is 2. The van der Waals surface area contributed by atoms with Gasteiger partial charge in [0, 0.05) is 12.1 Å². The van der Waals surface area contributed by atoms with E-state index in [0.29, 0.717) is 6.54 Å². The number of rotatable bonds is 7. The minimum atomic E-state index is -0.324. The number of aryl methyl sites for hydroxylation is 2. The quantitative estimate of drug-likeness (QED) is 0.804. The van der Waals surface area contributed by atoms with Crippen LogP contribution in [0.4, 0.5) is 0 Å². The maximum atomic E-state index is 11.8. The summed E-state index contributed by atoms with van der Waals surface area (Å²) in [5, 5.41) is 2.84. The van der Waals surface area contributed by atoms with Gasteiger partial charge < -0.3 is 15.8 Å². The van der Waals surface area contributed by atoms with E-state index in [-0.39, 0.29) is 18.1 Å². The van der Waals surface area contributed by atoms with Crippen molar-refractivity contribution in [1.82, 2.24) is 5.32 Å². The summed E-state index contributed by atoms with van der Waals surface area (Å²) in [5.41, 5.74) is 7.96. The van der Waals surface area contributed by atoms with E-state index in [1.165, 1.54) is 0 Å². The third-order valence-corrected chi connectivity index (χ3v) is 3.75. The zero-order chi connectivity index (χ0) is 15.2. The first-order chi connectivity index (χ1) is 9.40. The van der Waals surface area contributed by atoms with Gasteiger partial charge in [0.1, 0.15) is 5.75 Å². The molecule has 0 saturated heterocycles. The summed E-state index contributed by atoms with van der Waals surface area (Å²) < 4.78 is 5.56. The highest BCUT2D eigenvalue weighted by atomic mass is 16.5. The molecule has 0 radical (unpaired) electrons. The summed E-state index contributed by atoms with van der Waals surface area (Å²) in [6, 6.07) is 5.95. The largest absolute Gasteiger partial charge is 0.483 e. The average Bonchev–Trinajstić information content (AvgIpc) is 2.45. The standard InChI is InChI=1S/C16H26N2O2/c1-5-16(17,6-2)11-18-15(19)10-20-14-9-12(3)7-8-13(14)4/h7-9H,5-6,10-11,17H2,1-4H3,(H,18,19). The summed E-state index contributed by atoms with van der Waals surface area (Å²) >= 11 is 0. The fraction of sp³-hybridized carbons (Fsp3) is 0.562. The Hall–Kier alpha value is -1.55. The van der Waals surface area contributed by atoms with Crippen LogP contribution in [0.25, 0.3) is 0 Å². The number of amides is 1. The van der Waals surface area contributed by atoms with Crippen molar-refractivity contribution in [2.24, 2.45) is 5.73 Å². The molecule has 1 amide bonds. The molecule has 1 aromatic rings. The number of carbonyl (C=O) groups is 1. The topological polar surface area (TPSA) is 64.3 Å². The molecule has 0 saturated carbocycles. The molecule has 0 fully saturated rings. The van der Waals surface area contributed by atoms with E-state index in [9.17, 15) is 4.79 Å². The highest BCUT2D eigenvalue weighted by Gasteiger charge is 2.20. The fourth-order valence-electron chi connectivity index (χ4n) is 1.83. The third kappa shape index (κ3) is 4.85. The molecule has 0 bridgehead atoms. The Kier molecular flexibility index (Phi) is 6.02. The van der Waals surface area contributed by atoms with Crippen LogP contribution >= 0.6 is 0 Å². The van der Waals surface area contributed by atoms with Crippen molar-refractivity contribution in [3.63, 3.8) is 0 Å². The van der Waals surface area contributed by atoms with Crippen molar-refractivity contribution < 1.29 is 9.53 Å². The SMILES string of the molecule is CCC(N)(CC)CNC(=O)COc1cc(C)ccc1C. The monoisotopic (exact) mass is 278 g/mol. The first-order valence-electron chi connectivity index (χ1n) is 7.16. The molecule has 1 rings (SSSR count). The molecule has 20 heavy (non-hydrogen) atoms. The van der Waals surface area contributed by atoms with Gasteiger partial charge in [-0.05, 0) is 43.9 Å². The summed E-state index contributed by atoms with van der Waals surface area (Å²) in [6.45, 7) is 8.52. The van der Waals surface area contributed by atoms with Gasteiger partial charge in [-0.15, -0.1) is 0 Å². The van der Waals surface area contributed by atoms with Gasteiger partial charge in [-0.2, -0.15) is 0 Å². The van der Waals surface area contributed by atoms with Gasteiger partial charge in [-0.3, -0.25) is 4.79 Å². The number of nitrogens with one attached hydrogen (secondary N) is 1. The molecule has 0 unspecified atom stereocenters. The predicted molar refractivity (Wildman–Crippen MR) is 81.9 cm³/mol. The Bertz CT molecular complexity index is 454. The van der Waals surface area contributed by atoms with Crippen LogP contribution < -0.4 is 15.8 Å². The summed E-state index contributed by atoms with van der Waals surface area (Å²) in [5.74, 6) is 0.618. The Morgan fingerprint density at radius 3 is 2.55 bits per heavy atom. The first-order valence-corrected chi connectivity index (χ1v) is 7.16. The third-order valence-electron chi connectivity index (χ3n) is 3.75. The van der Waals surface area contributed by atoms with Gasteiger partial charge in [-0.1, -0.05) is 26.0 Å². The van der Waals surface area contributed by atoms with Crippen molar-refractivity contribution in [2.45, 2.75) is 46.1 Å². The molecular formula is C16H26N2O2. The van der Waals surface area contributed by atoms with Gasteiger partial charge in [0.05, 0.1) is 0 Å². The summed E-state index contributed by atoms with van der Waals surface area (Å²) in [7, 11) is 0. The van der Waals surface area contributed by atoms with E-state index in [2.05, 4.69) is 5.32 Å². The van der Waals surface area contributed by atoms with Gasteiger partial charge in [0.2, 0.25) is 0 Å². The minimum Gasteiger partial charge on any atom is -0.483 e. The van der Waals surface area contributed by atoms with Crippen molar-refractivity contribution in [2.75, 3.05) is 13.2 Å². The molecule has 1 aromatic carbocycles. The van der Waals surface area contributed by atoms with E-state index in [0.717, 1.165) is 29.7 Å². The van der Waals surface area contributed by atoms with Gasteiger partial charge in [0.15, 0.2) is 6.61 Å². The Balaban J connectivity index is 2.46. The van der Waals surface area contributed by atoms with E-state index in [1.54, 1.807) is 0 Å². The Morgan fingerprint density at radius 1 is 1.30 bits per heavy atom. The summed E-state index contributed by atoms with van der Waals surface area (Å²) in [4.78, 5) is 11.8. The van der Waals surface area contributed by atoms with E-state index < -0.39 is 0 Å². The lowest BCUT2D eigenvalue weighted by Crippen LogP contribution is -2.50.